The molecule has 1 aromatic carbocycles. The number of allylic oxidation sites excluding steroid dienone is 1. The maximum absolute atomic E-state index is 13.6. The molecule has 3 aliphatic rings. The molecule has 2 N–H and O–H groups in total. The van der Waals surface area contributed by atoms with Crippen LogP contribution in [0.3, 0.4) is 0 Å². The van der Waals surface area contributed by atoms with Crippen molar-refractivity contribution in [2.24, 2.45) is 5.92 Å². The van der Waals surface area contributed by atoms with Crippen LogP contribution < -0.4 is 13.7 Å². The number of aliphatic hydroxyl groups is 1. The first-order chi connectivity index (χ1) is 16.9. The van der Waals surface area contributed by atoms with Gasteiger partial charge in [0.2, 0.25) is 17.1 Å². The molecule has 1 spiro atoms. The van der Waals surface area contributed by atoms with Gasteiger partial charge in [-0.15, -0.1) is 17.7 Å². The first kappa shape index (κ1) is 26.9. The van der Waals surface area contributed by atoms with E-state index in [1.54, 1.807) is 0 Å². The minimum Gasteiger partial charge on any atom is -0.507 e. The topological polar surface area (TPSA) is 121 Å². The summed E-state index contributed by atoms with van der Waals surface area (Å²) in [6.45, 7) is 1.96. The molecule has 9 nitrogen and oxygen atoms in total. The number of benzene rings is 1. The lowest BCUT2D eigenvalue weighted by Gasteiger charge is -2.34. The van der Waals surface area contributed by atoms with Crippen LogP contribution in [0.15, 0.2) is 17.9 Å². The van der Waals surface area contributed by atoms with Gasteiger partial charge in [-0.1, -0.05) is 18.5 Å². The number of carbonyl (C=O) groups is 2. The molecule has 0 bridgehead atoms. The van der Waals surface area contributed by atoms with Crippen molar-refractivity contribution in [3.8, 4) is 17.2 Å². The number of ketones is 2. The molecule has 0 aromatic heterocycles. The van der Waals surface area contributed by atoms with E-state index < -0.39 is 68.6 Å². The van der Waals surface area contributed by atoms with E-state index in [0.29, 0.717) is 13.0 Å². The van der Waals surface area contributed by atoms with Crippen molar-refractivity contribution in [1.82, 2.24) is 0 Å². The molecule has 2 aliphatic heterocycles. The van der Waals surface area contributed by atoms with Crippen LogP contribution in [0.2, 0.25) is 5.02 Å². The number of Topliss-reactive ketones (excluding diaryl/α,β-unsaturated/α-hetero) is 1. The number of hydrogen-bond acceptors (Lipinski definition) is 9. The fraction of sp³-hybridized carbons (Fsp3) is 0.545. The number of aliphatic hydroxyl groups excluding tert-OH is 1. The summed E-state index contributed by atoms with van der Waals surface area (Å²) in [5, 5.41) is 10.0. The Balaban J connectivity index is 1.66. The molecule has 198 valence electrons. The van der Waals surface area contributed by atoms with E-state index in [2.05, 4.69) is 4.18 Å². The first-order valence-electron chi connectivity index (χ1n) is 11.0. The van der Waals surface area contributed by atoms with Crippen molar-refractivity contribution in [2.45, 2.75) is 50.0 Å². The molecule has 4 rings (SSSR count). The van der Waals surface area contributed by atoms with E-state index in [1.165, 1.54) is 6.92 Å². The summed E-state index contributed by atoms with van der Waals surface area (Å²) < 4.78 is 75.3. The molecule has 1 aliphatic carbocycles. The standard InChI is InChI=1S/C22H22ClF3O9S/c1-11-8-12(27)9-15(28)21(11)20(29)17-13(31-6-7-33-16-4-2-3-5-32-16)10-14(18(23)19(17)34-21)35-36(30)22(24,25)26/h9-11,16,30H,2-8H2,1H3/p+1/t11-,16?,21+,36?/m1/s1. The van der Waals surface area contributed by atoms with E-state index in [-0.39, 0.29) is 30.9 Å². The van der Waals surface area contributed by atoms with Gasteiger partial charge in [0, 0.05) is 31.1 Å². The van der Waals surface area contributed by atoms with Gasteiger partial charge in [0.15, 0.2) is 17.8 Å². The molecular formula is C22H23ClF3O9S+. The maximum atomic E-state index is 13.6. The average molecular weight is 556 g/mol. The number of halogens is 4. The Hall–Kier alpha value is -2.19. The van der Waals surface area contributed by atoms with Crippen LogP contribution in [0.5, 0.6) is 17.2 Å². The summed E-state index contributed by atoms with van der Waals surface area (Å²) in [7, 11) is 0. The lowest BCUT2D eigenvalue weighted by Crippen LogP contribution is -2.51. The second-order valence-corrected chi connectivity index (χ2v) is 9.96. The summed E-state index contributed by atoms with van der Waals surface area (Å²) >= 11 is 2.70. The fourth-order valence-electron chi connectivity index (χ4n) is 4.28. The predicted octanol–water partition coefficient (Wildman–Crippen LogP) is 4.53. The molecule has 4 atom stereocenters. The molecule has 0 saturated carbocycles. The van der Waals surface area contributed by atoms with E-state index >= 15 is 0 Å². The highest BCUT2D eigenvalue weighted by atomic mass is 35.5. The Bertz CT molecular complexity index is 1070. The van der Waals surface area contributed by atoms with Crippen LogP contribution in [0, 0.1) is 5.92 Å². The maximum Gasteiger partial charge on any atom is 0.654 e. The van der Waals surface area contributed by atoms with Gasteiger partial charge in [-0.2, -0.15) is 0 Å². The smallest absolute Gasteiger partial charge is 0.507 e. The summed E-state index contributed by atoms with van der Waals surface area (Å²) in [4.78, 5) is 25.4. The van der Waals surface area contributed by atoms with Crippen molar-refractivity contribution in [1.29, 1.82) is 0 Å². The Morgan fingerprint density at radius 2 is 2.00 bits per heavy atom. The zero-order valence-electron chi connectivity index (χ0n) is 18.9. The van der Waals surface area contributed by atoms with Crippen LogP contribution in [-0.2, 0) is 25.7 Å². The Kier molecular flexibility index (Phi) is 7.68. The van der Waals surface area contributed by atoms with Gasteiger partial charge in [0.05, 0.1) is 6.61 Å². The highest BCUT2D eigenvalue weighted by Gasteiger charge is 2.61. The van der Waals surface area contributed by atoms with Crippen molar-refractivity contribution in [3.63, 3.8) is 0 Å². The molecule has 1 fully saturated rings. The van der Waals surface area contributed by atoms with Crippen molar-refractivity contribution < 1.29 is 55.6 Å². The van der Waals surface area contributed by atoms with Crippen LogP contribution in [0.1, 0.15) is 43.0 Å². The highest BCUT2D eigenvalue weighted by molar-refractivity contribution is 7.88. The monoisotopic (exact) mass is 555 g/mol. The third-order valence-corrected chi connectivity index (χ3v) is 7.10. The Morgan fingerprint density at radius 3 is 2.64 bits per heavy atom. The molecule has 1 aromatic rings. The van der Waals surface area contributed by atoms with Crippen molar-refractivity contribution >= 4 is 34.6 Å². The number of alkyl halides is 3. The van der Waals surface area contributed by atoms with E-state index in [1.807, 2.05) is 0 Å². The number of fused-ring (bicyclic) bond motifs is 1. The van der Waals surface area contributed by atoms with Crippen LogP contribution in [0.25, 0.3) is 0 Å². The fourth-order valence-corrected chi connectivity index (χ4v) is 4.95. The van der Waals surface area contributed by atoms with Gasteiger partial charge in [-0.05, 0) is 19.3 Å². The molecule has 2 unspecified atom stereocenters. The molecule has 14 heteroatoms. The summed E-state index contributed by atoms with van der Waals surface area (Å²) in [5.41, 5.74) is -7.37. The normalized spacial score (nSPS) is 26.9. The lowest BCUT2D eigenvalue weighted by molar-refractivity contribution is -0.165. The lowest BCUT2D eigenvalue weighted by atomic mass is 9.75. The van der Waals surface area contributed by atoms with Gasteiger partial charge < -0.3 is 24.1 Å². The van der Waals surface area contributed by atoms with Crippen molar-refractivity contribution in [3.05, 3.63) is 28.5 Å². The molecule has 0 amide bonds. The summed E-state index contributed by atoms with van der Waals surface area (Å²) in [5.74, 6) is -4.02. The summed E-state index contributed by atoms with van der Waals surface area (Å²) in [6, 6.07) is 0.930. The predicted molar refractivity (Wildman–Crippen MR) is 120 cm³/mol. The highest BCUT2D eigenvalue weighted by Crippen LogP contribution is 2.54. The molecule has 0 radical (unpaired) electrons. The van der Waals surface area contributed by atoms with Crippen molar-refractivity contribution in [2.75, 3.05) is 19.8 Å². The number of hydrogen-bond donors (Lipinski definition) is 2. The van der Waals surface area contributed by atoms with Gasteiger partial charge in [-0.3, -0.25) is 9.59 Å². The SMILES string of the molecule is C[C@@H]1CC(=O)C=C(O)[C@@]12Oc1c(Cl)c(O[S+](O)C(F)(F)F)cc(OCCOC3CCCCO3)c1C2=O. The number of ether oxygens (including phenoxy) is 4. The minimum atomic E-state index is -5.10. The Labute approximate surface area is 211 Å². The van der Waals surface area contributed by atoms with Crippen LogP contribution in [0.4, 0.5) is 13.2 Å². The third-order valence-electron chi connectivity index (χ3n) is 6.01. The average Bonchev–Trinajstić information content (AvgIpc) is 3.12. The first-order valence-corrected chi connectivity index (χ1v) is 12.5. The minimum absolute atomic E-state index is 0.0292. The third kappa shape index (κ3) is 4.99. The molecular weight excluding hydrogens is 533 g/mol. The van der Waals surface area contributed by atoms with Crippen LogP contribution in [-0.4, -0.2) is 58.4 Å². The Morgan fingerprint density at radius 1 is 1.25 bits per heavy atom. The van der Waals surface area contributed by atoms with E-state index in [9.17, 15) is 32.4 Å². The van der Waals surface area contributed by atoms with E-state index in [0.717, 1.165) is 25.0 Å². The van der Waals surface area contributed by atoms with Gasteiger partial charge in [0.1, 0.15) is 28.7 Å². The second kappa shape index (κ2) is 10.3. The molecule has 1 saturated heterocycles. The quantitative estimate of drug-likeness (QED) is 0.369. The second-order valence-electron chi connectivity index (χ2n) is 8.45. The van der Waals surface area contributed by atoms with E-state index in [4.69, 9.17) is 30.5 Å². The van der Waals surface area contributed by atoms with Gasteiger partial charge in [-0.25, -0.2) is 4.18 Å². The van der Waals surface area contributed by atoms with Gasteiger partial charge >= 0.3 is 17.0 Å². The molecule has 2 heterocycles. The zero-order valence-corrected chi connectivity index (χ0v) is 20.5. The largest absolute Gasteiger partial charge is 0.654 e. The molecule has 36 heavy (non-hydrogen) atoms. The zero-order chi connectivity index (χ0) is 26.3. The number of carbonyl (C=O) groups excluding carboxylic acids is 2. The number of rotatable bonds is 7. The summed E-state index contributed by atoms with van der Waals surface area (Å²) in [6.07, 6.45) is 2.87. The van der Waals surface area contributed by atoms with Crippen LogP contribution >= 0.6 is 11.6 Å². The van der Waals surface area contributed by atoms with Gasteiger partial charge in [0.25, 0.3) is 0 Å².